The Kier molecular flexibility index (Phi) is 4.90. The van der Waals surface area contributed by atoms with Gasteiger partial charge in [-0.15, -0.1) is 0 Å². The molecule has 0 unspecified atom stereocenters. The van der Waals surface area contributed by atoms with Gasteiger partial charge in [-0.05, 0) is 29.7 Å². The molecule has 0 fully saturated rings. The fraction of sp³-hybridized carbons (Fsp3) is 0.0556. The van der Waals surface area contributed by atoms with Crippen LogP contribution in [0.2, 0.25) is 0 Å². The van der Waals surface area contributed by atoms with Gasteiger partial charge in [-0.1, -0.05) is 67.3 Å². The Morgan fingerprint density at radius 2 is 1.75 bits per heavy atom. The molecule has 0 saturated carbocycles. The highest BCUT2D eigenvalue weighted by atomic mass is 16.1. The summed E-state index contributed by atoms with van der Waals surface area (Å²) in [7, 11) is 0. The molecule has 0 aliphatic heterocycles. The van der Waals surface area contributed by atoms with Gasteiger partial charge in [0.2, 0.25) is 5.91 Å². The average molecular weight is 263 g/mol. The molecule has 1 amide bonds. The summed E-state index contributed by atoms with van der Waals surface area (Å²) in [5.74, 6) is -0.190. The molecular weight excluding hydrogens is 246 g/mol. The lowest BCUT2D eigenvalue weighted by molar-refractivity contribution is -0.111. The monoisotopic (exact) mass is 263 g/mol. The van der Waals surface area contributed by atoms with E-state index >= 15 is 0 Å². The zero-order valence-electron chi connectivity index (χ0n) is 11.3. The van der Waals surface area contributed by atoms with Gasteiger partial charge in [-0.2, -0.15) is 0 Å². The van der Waals surface area contributed by atoms with E-state index in [9.17, 15) is 4.79 Å². The van der Waals surface area contributed by atoms with Crippen molar-refractivity contribution >= 4 is 17.7 Å². The van der Waals surface area contributed by atoms with E-state index in [0.717, 1.165) is 17.7 Å². The average Bonchev–Trinajstić information content (AvgIpc) is 2.50. The lowest BCUT2D eigenvalue weighted by Crippen LogP contribution is -2.09. The topological polar surface area (TPSA) is 29.1 Å². The molecule has 20 heavy (non-hydrogen) atoms. The number of nitrogens with one attached hydrogen (secondary N) is 1. The minimum absolute atomic E-state index is 0.190. The van der Waals surface area contributed by atoms with Crippen molar-refractivity contribution < 1.29 is 4.79 Å². The van der Waals surface area contributed by atoms with Crippen molar-refractivity contribution in [1.29, 1.82) is 0 Å². The first-order valence-electron chi connectivity index (χ1n) is 6.52. The quantitative estimate of drug-likeness (QED) is 0.809. The zero-order valence-corrected chi connectivity index (χ0v) is 11.3. The van der Waals surface area contributed by atoms with E-state index < -0.39 is 0 Å². The number of benzene rings is 2. The summed E-state index contributed by atoms with van der Waals surface area (Å²) in [6, 6.07) is 17.9. The predicted molar refractivity (Wildman–Crippen MR) is 84.4 cm³/mol. The molecule has 2 rings (SSSR count). The second kappa shape index (κ2) is 7.10. The maximum atomic E-state index is 11.4. The molecule has 0 bridgehead atoms. The van der Waals surface area contributed by atoms with E-state index in [1.54, 1.807) is 0 Å². The summed E-state index contributed by atoms with van der Waals surface area (Å²) in [6.07, 6.45) is 6.21. The van der Waals surface area contributed by atoms with Gasteiger partial charge in [0.25, 0.3) is 0 Å². The van der Waals surface area contributed by atoms with Crippen LogP contribution in [-0.2, 0) is 11.2 Å². The smallest absolute Gasteiger partial charge is 0.247 e. The van der Waals surface area contributed by atoms with E-state index in [2.05, 4.69) is 36.2 Å². The third-order valence-corrected chi connectivity index (χ3v) is 2.91. The second-order valence-electron chi connectivity index (χ2n) is 4.37. The Balaban J connectivity index is 2.07. The van der Waals surface area contributed by atoms with Crippen LogP contribution in [0.4, 0.5) is 5.69 Å². The fourth-order valence-corrected chi connectivity index (χ4v) is 1.89. The number of allylic oxidation sites excluding steroid dienone is 1. The van der Waals surface area contributed by atoms with Crippen molar-refractivity contribution in [3.8, 4) is 0 Å². The van der Waals surface area contributed by atoms with Crippen LogP contribution in [-0.4, -0.2) is 5.91 Å². The van der Waals surface area contributed by atoms with Crippen LogP contribution in [0, 0.1) is 0 Å². The number of hydrogen-bond acceptors (Lipinski definition) is 1. The summed E-state index contributed by atoms with van der Waals surface area (Å²) in [6.45, 7) is 3.46. The van der Waals surface area contributed by atoms with Gasteiger partial charge in [-0.3, -0.25) is 4.79 Å². The van der Waals surface area contributed by atoms with Crippen molar-refractivity contribution in [1.82, 2.24) is 0 Å². The molecule has 2 nitrogen and oxygen atoms in total. The summed E-state index contributed by atoms with van der Waals surface area (Å²) < 4.78 is 0. The normalized spacial score (nSPS) is 10.4. The number of carbonyl (C=O) groups is 1. The van der Waals surface area contributed by atoms with E-state index in [4.69, 9.17) is 0 Å². The molecule has 0 atom stereocenters. The molecule has 0 aromatic heterocycles. The van der Waals surface area contributed by atoms with Gasteiger partial charge in [0.15, 0.2) is 0 Å². The Labute approximate surface area is 119 Å². The minimum atomic E-state index is -0.190. The molecule has 0 heterocycles. The maximum Gasteiger partial charge on any atom is 0.247 e. The van der Waals surface area contributed by atoms with Crippen molar-refractivity contribution in [2.75, 3.05) is 5.32 Å². The summed E-state index contributed by atoms with van der Waals surface area (Å²) in [5, 5.41) is 2.82. The lowest BCUT2D eigenvalue weighted by Gasteiger charge is -2.07. The summed E-state index contributed by atoms with van der Waals surface area (Å²) in [5.41, 5.74) is 3.07. The van der Waals surface area contributed by atoms with Crippen molar-refractivity contribution in [2.45, 2.75) is 6.42 Å². The van der Waals surface area contributed by atoms with Gasteiger partial charge >= 0.3 is 0 Å². The summed E-state index contributed by atoms with van der Waals surface area (Å²) >= 11 is 0. The van der Waals surface area contributed by atoms with E-state index in [1.165, 1.54) is 11.6 Å². The van der Waals surface area contributed by atoms with Crippen LogP contribution in [0.15, 0.2) is 73.3 Å². The van der Waals surface area contributed by atoms with E-state index in [-0.39, 0.29) is 5.91 Å². The molecule has 2 heteroatoms. The number of para-hydroxylation sites is 1. The maximum absolute atomic E-state index is 11.4. The minimum Gasteiger partial charge on any atom is -0.322 e. The van der Waals surface area contributed by atoms with E-state index in [1.807, 2.05) is 42.5 Å². The highest BCUT2D eigenvalue weighted by Gasteiger charge is 2.02. The molecular formula is C18H17NO. The number of hydrogen-bond donors (Lipinski definition) is 1. The second-order valence-corrected chi connectivity index (χ2v) is 4.37. The molecule has 2 aromatic rings. The Hall–Kier alpha value is -2.61. The Morgan fingerprint density at radius 3 is 2.50 bits per heavy atom. The number of amides is 1. The molecule has 2 aromatic carbocycles. The molecule has 100 valence electrons. The first kappa shape index (κ1) is 13.8. The predicted octanol–water partition coefficient (Wildman–Crippen LogP) is 4.07. The number of carbonyl (C=O) groups excluding carboxylic acids is 1. The van der Waals surface area contributed by atoms with Crippen molar-refractivity contribution in [3.63, 3.8) is 0 Å². The number of rotatable bonds is 5. The number of anilines is 1. The summed E-state index contributed by atoms with van der Waals surface area (Å²) in [4.78, 5) is 11.4. The standard InChI is InChI=1S/C18H17NO/c1-2-18(20)19-17-14-7-6-12-16(17)13-8-11-15-9-4-3-5-10-15/h2-12,14H,1,13H2,(H,19,20)/b11-8+. The zero-order chi connectivity index (χ0) is 14.2. The highest BCUT2D eigenvalue weighted by molar-refractivity contribution is 5.99. The Bertz CT molecular complexity index is 614. The highest BCUT2D eigenvalue weighted by Crippen LogP contribution is 2.16. The molecule has 1 N–H and O–H groups in total. The third-order valence-electron chi connectivity index (χ3n) is 2.91. The lowest BCUT2D eigenvalue weighted by atomic mass is 10.1. The van der Waals surface area contributed by atoms with Gasteiger partial charge in [0, 0.05) is 5.69 Å². The van der Waals surface area contributed by atoms with Gasteiger partial charge < -0.3 is 5.32 Å². The third kappa shape index (κ3) is 3.95. The molecule has 0 spiro atoms. The van der Waals surface area contributed by atoms with E-state index in [0.29, 0.717) is 0 Å². The van der Waals surface area contributed by atoms with Crippen molar-refractivity contribution in [2.24, 2.45) is 0 Å². The van der Waals surface area contributed by atoms with Gasteiger partial charge in [0.1, 0.15) is 0 Å². The van der Waals surface area contributed by atoms with Crippen LogP contribution >= 0.6 is 0 Å². The Morgan fingerprint density at radius 1 is 1.05 bits per heavy atom. The van der Waals surface area contributed by atoms with Gasteiger partial charge in [0.05, 0.1) is 0 Å². The van der Waals surface area contributed by atoms with Crippen LogP contribution in [0.3, 0.4) is 0 Å². The van der Waals surface area contributed by atoms with Crippen LogP contribution < -0.4 is 5.32 Å². The van der Waals surface area contributed by atoms with Gasteiger partial charge in [-0.25, -0.2) is 0 Å². The SMILES string of the molecule is C=CC(=O)Nc1ccccc1C/C=C/c1ccccc1. The van der Waals surface area contributed by atoms with Crippen LogP contribution in [0.5, 0.6) is 0 Å². The van der Waals surface area contributed by atoms with Crippen LogP contribution in [0.25, 0.3) is 6.08 Å². The molecule has 0 aliphatic rings. The fourth-order valence-electron chi connectivity index (χ4n) is 1.89. The first-order chi connectivity index (χ1) is 9.79. The molecule has 0 saturated heterocycles. The first-order valence-corrected chi connectivity index (χ1v) is 6.52. The van der Waals surface area contributed by atoms with Crippen LogP contribution in [0.1, 0.15) is 11.1 Å². The van der Waals surface area contributed by atoms with Crippen molar-refractivity contribution in [3.05, 3.63) is 84.5 Å². The largest absolute Gasteiger partial charge is 0.322 e. The molecule has 0 radical (unpaired) electrons. The molecule has 0 aliphatic carbocycles.